The van der Waals surface area contributed by atoms with Crippen LogP contribution >= 0.6 is 11.6 Å². The van der Waals surface area contributed by atoms with E-state index in [1.165, 1.54) is 6.07 Å². The van der Waals surface area contributed by atoms with Gasteiger partial charge >= 0.3 is 0 Å². The first-order valence-electron chi connectivity index (χ1n) is 6.74. The van der Waals surface area contributed by atoms with Gasteiger partial charge in [-0.15, -0.1) is 0 Å². The van der Waals surface area contributed by atoms with Gasteiger partial charge < -0.3 is 10.2 Å². The summed E-state index contributed by atoms with van der Waals surface area (Å²) in [5, 5.41) is 19.7. The summed E-state index contributed by atoms with van der Waals surface area (Å²) in [6.45, 7) is 1.38. The Labute approximate surface area is 128 Å². The van der Waals surface area contributed by atoms with Gasteiger partial charge in [0.2, 0.25) is 0 Å². The second kappa shape index (κ2) is 6.56. The summed E-state index contributed by atoms with van der Waals surface area (Å²) < 4.78 is 14.1. The molecule has 2 rings (SSSR count). The maximum absolute atomic E-state index is 14.1. The molecule has 0 fully saturated rings. The van der Waals surface area contributed by atoms with Crippen LogP contribution in [-0.4, -0.2) is 23.4 Å². The van der Waals surface area contributed by atoms with Crippen molar-refractivity contribution in [2.75, 3.05) is 13.2 Å². The summed E-state index contributed by atoms with van der Waals surface area (Å²) in [4.78, 5) is 0. The standard InChI is InChI=1S/C17H18ClFO2/c1-12-4-2-6-14(8-12)17(10-20,11-21)9-13-5-3-7-15(18)16(13)19/h2-8,20-21H,9-11H2,1H3. The average Bonchev–Trinajstić information content (AvgIpc) is 2.49. The van der Waals surface area contributed by atoms with Crippen molar-refractivity contribution < 1.29 is 14.6 Å². The molecule has 0 atom stereocenters. The van der Waals surface area contributed by atoms with Gasteiger partial charge in [0, 0.05) is 5.41 Å². The van der Waals surface area contributed by atoms with Crippen LogP contribution in [0.3, 0.4) is 0 Å². The molecule has 0 aliphatic heterocycles. The number of aryl methyl sites for hydroxylation is 1. The summed E-state index contributed by atoms with van der Waals surface area (Å²) >= 11 is 5.80. The van der Waals surface area contributed by atoms with Crippen molar-refractivity contribution in [1.29, 1.82) is 0 Å². The van der Waals surface area contributed by atoms with Crippen molar-refractivity contribution in [1.82, 2.24) is 0 Å². The molecule has 0 aromatic heterocycles. The maximum Gasteiger partial charge on any atom is 0.145 e. The summed E-state index contributed by atoms with van der Waals surface area (Å²) in [5.41, 5.74) is 1.25. The number of hydrogen-bond donors (Lipinski definition) is 2. The topological polar surface area (TPSA) is 40.5 Å². The largest absolute Gasteiger partial charge is 0.395 e. The van der Waals surface area contributed by atoms with Crippen molar-refractivity contribution in [3.8, 4) is 0 Å². The number of aliphatic hydroxyl groups is 2. The lowest BCUT2D eigenvalue weighted by Crippen LogP contribution is -2.37. The van der Waals surface area contributed by atoms with Crippen molar-refractivity contribution >= 4 is 11.6 Å². The highest BCUT2D eigenvalue weighted by molar-refractivity contribution is 6.30. The third-order valence-corrected chi connectivity index (χ3v) is 4.09. The Morgan fingerprint density at radius 1 is 1.10 bits per heavy atom. The second-order valence-electron chi connectivity index (χ2n) is 5.36. The highest BCUT2D eigenvalue weighted by Gasteiger charge is 2.32. The molecule has 0 radical (unpaired) electrons. The van der Waals surface area contributed by atoms with Gasteiger partial charge in [0.1, 0.15) is 5.82 Å². The van der Waals surface area contributed by atoms with Crippen molar-refractivity contribution in [3.63, 3.8) is 0 Å². The van der Waals surface area contributed by atoms with E-state index in [1.807, 2.05) is 31.2 Å². The van der Waals surface area contributed by atoms with E-state index in [0.717, 1.165) is 11.1 Å². The summed E-state index contributed by atoms with van der Waals surface area (Å²) in [6, 6.07) is 12.3. The van der Waals surface area contributed by atoms with E-state index in [9.17, 15) is 14.6 Å². The average molecular weight is 309 g/mol. The molecule has 0 amide bonds. The van der Waals surface area contributed by atoms with Crippen LogP contribution in [0.2, 0.25) is 5.02 Å². The quantitative estimate of drug-likeness (QED) is 0.890. The lowest BCUT2D eigenvalue weighted by molar-refractivity contribution is 0.115. The van der Waals surface area contributed by atoms with Crippen molar-refractivity contribution in [3.05, 3.63) is 70.0 Å². The molecular weight excluding hydrogens is 291 g/mol. The molecule has 4 heteroatoms. The zero-order valence-corrected chi connectivity index (χ0v) is 12.6. The number of hydrogen-bond acceptors (Lipinski definition) is 2. The van der Waals surface area contributed by atoms with Crippen molar-refractivity contribution in [2.24, 2.45) is 0 Å². The molecule has 0 saturated heterocycles. The number of benzene rings is 2. The Morgan fingerprint density at radius 2 is 1.76 bits per heavy atom. The highest BCUT2D eigenvalue weighted by atomic mass is 35.5. The molecule has 21 heavy (non-hydrogen) atoms. The highest BCUT2D eigenvalue weighted by Crippen LogP contribution is 2.31. The molecule has 0 heterocycles. The number of aliphatic hydroxyl groups excluding tert-OH is 2. The molecule has 0 aliphatic rings. The molecule has 0 bridgehead atoms. The third kappa shape index (κ3) is 3.26. The fraction of sp³-hybridized carbons (Fsp3) is 0.294. The molecule has 0 aliphatic carbocycles. The first-order chi connectivity index (χ1) is 10.0. The zero-order chi connectivity index (χ0) is 15.5. The van der Waals surface area contributed by atoms with Crippen LogP contribution in [0.25, 0.3) is 0 Å². The van der Waals surface area contributed by atoms with Gasteiger partial charge in [0.25, 0.3) is 0 Å². The predicted molar refractivity (Wildman–Crippen MR) is 82.1 cm³/mol. The number of halogens is 2. The van der Waals surface area contributed by atoms with Gasteiger partial charge in [-0.3, -0.25) is 0 Å². The van der Waals surface area contributed by atoms with Gasteiger partial charge in [0.05, 0.1) is 18.2 Å². The Morgan fingerprint density at radius 3 is 2.38 bits per heavy atom. The maximum atomic E-state index is 14.1. The van der Waals surface area contributed by atoms with Gasteiger partial charge in [0.15, 0.2) is 0 Å². The van der Waals surface area contributed by atoms with E-state index in [0.29, 0.717) is 5.56 Å². The predicted octanol–water partition coefficient (Wildman–Crippen LogP) is 3.25. The van der Waals surface area contributed by atoms with Crippen molar-refractivity contribution in [2.45, 2.75) is 18.8 Å². The first kappa shape index (κ1) is 16.0. The SMILES string of the molecule is Cc1cccc(C(CO)(CO)Cc2cccc(Cl)c2F)c1. The van der Waals surface area contributed by atoms with Gasteiger partial charge in [-0.1, -0.05) is 53.6 Å². The van der Waals surface area contributed by atoms with Crippen LogP contribution in [0.5, 0.6) is 0 Å². The number of rotatable bonds is 5. The Hall–Kier alpha value is -1.42. The molecule has 2 N–H and O–H groups in total. The summed E-state index contributed by atoms with van der Waals surface area (Å²) in [7, 11) is 0. The van der Waals surface area contributed by atoms with Crippen LogP contribution < -0.4 is 0 Å². The zero-order valence-electron chi connectivity index (χ0n) is 11.8. The Bertz CT molecular complexity index is 624. The van der Waals surface area contributed by atoms with Crippen LogP contribution in [0.4, 0.5) is 4.39 Å². The van der Waals surface area contributed by atoms with E-state index in [1.54, 1.807) is 12.1 Å². The molecule has 0 spiro atoms. The van der Waals surface area contributed by atoms with E-state index < -0.39 is 11.2 Å². The Kier molecular flexibility index (Phi) is 4.99. The lowest BCUT2D eigenvalue weighted by Gasteiger charge is -2.31. The second-order valence-corrected chi connectivity index (χ2v) is 5.76. The van der Waals surface area contributed by atoms with Crippen LogP contribution in [-0.2, 0) is 11.8 Å². The van der Waals surface area contributed by atoms with Crippen LogP contribution in [0, 0.1) is 12.7 Å². The monoisotopic (exact) mass is 308 g/mol. The van der Waals surface area contributed by atoms with Gasteiger partial charge in [-0.2, -0.15) is 0 Å². The lowest BCUT2D eigenvalue weighted by atomic mass is 9.76. The van der Waals surface area contributed by atoms with E-state index in [-0.39, 0.29) is 24.7 Å². The molecular formula is C17H18ClFO2. The molecule has 2 nitrogen and oxygen atoms in total. The smallest absolute Gasteiger partial charge is 0.145 e. The van der Waals surface area contributed by atoms with E-state index in [4.69, 9.17) is 11.6 Å². The molecule has 0 unspecified atom stereocenters. The molecule has 2 aromatic rings. The molecule has 0 saturated carbocycles. The van der Waals surface area contributed by atoms with E-state index in [2.05, 4.69) is 0 Å². The first-order valence-corrected chi connectivity index (χ1v) is 7.12. The fourth-order valence-corrected chi connectivity index (χ4v) is 2.67. The normalized spacial score (nSPS) is 11.7. The van der Waals surface area contributed by atoms with Gasteiger partial charge in [-0.25, -0.2) is 4.39 Å². The molecule has 2 aromatic carbocycles. The minimum Gasteiger partial charge on any atom is -0.395 e. The minimum atomic E-state index is -0.933. The van der Waals surface area contributed by atoms with Crippen LogP contribution in [0.15, 0.2) is 42.5 Å². The summed E-state index contributed by atoms with van der Waals surface area (Å²) in [5.74, 6) is -0.502. The fourth-order valence-electron chi connectivity index (χ4n) is 2.47. The molecule has 112 valence electrons. The Balaban J connectivity index is 2.45. The summed E-state index contributed by atoms with van der Waals surface area (Å²) in [6.07, 6.45) is 0.176. The minimum absolute atomic E-state index is 0.0431. The third-order valence-electron chi connectivity index (χ3n) is 3.80. The van der Waals surface area contributed by atoms with E-state index >= 15 is 0 Å². The van der Waals surface area contributed by atoms with Crippen LogP contribution in [0.1, 0.15) is 16.7 Å². The van der Waals surface area contributed by atoms with Gasteiger partial charge in [-0.05, 0) is 30.5 Å².